The van der Waals surface area contributed by atoms with Gasteiger partial charge in [-0.1, -0.05) is 278 Å². The first-order chi connectivity index (χ1) is 35.6. The maximum absolute atomic E-state index is 12.9. The SMILES string of the molecule is CC/C=C\C/C=C\C/C=C\C/C=C\C/C=C\C/C=C\CCCOCC(COC(=O)CCCCCCCCCCCCCCCCCCCCC)OC(=O)CCCCCCCCC/C=C\C/C=C\C/C=C\CC. The van der Waals surface area contributed by atoms with E-state index in [1.807, 2.05) is 0 Å². The van der Waals surface area contributed by atoms with E-state index in [0.717, 1.165) is 109 Å². The van der Waals surface area contributed by atoms with Gasteiger partial charge in [0.2, 0.25) is 0 Å². The highest BCUT2D eigenvalue weighted by Gasteiger charge is 2.17. The van der Waals surface area contributed by atoms with E-state index in [0.29, 0.717) is 19.4 Å². The zero-order valence-electron chi connectivity index (χ0n) is 47.4. The second kappa shape index (κ2) is 61.9. The van der Waals surface area contributed by atoms with Crippen LogP contribution in [-0.4, -0.2) is 37.9 Å². The average molecular weight is 1000 g/mol. The zero-order valence-corrected chi connectivity index (χ0v) is 47.4. The normalized spacial score (nSPS) is 13.0. The molecule has 0 fully saturated rings. The maximum atomic E-state index is 12.9. The first-order valence-corrected chi connectivity index (χ1v) is 30.4. The Morgan fingerprint density at radius 3 is 1.00 bits per heavy atom. The van der Waals surface area contributed by atoms with E-state index in [-0.39, 0.29) is 25.2 Å². The predicted octanol–water partition coefficient (Wildman–Crippen LogP) is 21.1. The fourth-order valence-corrected chi connectivity index (χ4v) is 8.37. The van der Waals surface area contributed by atoms with Crippen molar-refractivity contribution in [1.29, 1.82) is 0 Å². The topological polar surface area (TPSA) is 61.8 Å². The van der Waals surface area contributed by atoms with Gasteiger partial charge in [0.15, 0.2) is 6.10 Å². The molecule has 0 aliphatic rings. The Morgan fingerprint density at radius 1 is 0.319 bits per heavy atom. The van der Waals surface area contributed by atoms with Crippen LogP contribution < -0.4 is 0 Å². The summed E-state index contributed by atoms with van der Waals surface area (Å²) in [5, 5.41) is 0. The Morgan fingerprint density at radius 2 is 0.625 bits per heavy atom. The molecule has 0 amide bonds. The highest BCUT2D eigenvalue weighted by molar-refractivity contribution is 5.70. The molecule has 412 valence electrons. The number of rotatable bonds is 55. The van der Waals surface area contributed by atoms with Crippen molar-refractivity contribution in [1.82, 2.24) is 0 Å². The van der Waals surface area contributed by atoms with Gasteiger partial charge >= 0.3 is 11.9 Å². The molecule has 0 saturated heterocycles. The summed E-state index contributed by atoms with van der Waals surface area (Å²) in [6.45, 7) is 7.48. The van der Waals surface area contributed by atoms with Gasteiger partial charge in [-0.15, -0.1) is 0 Å². The quantitative estimate of drug-likeness (QED) is 0.0345. The van der Waals surface area contributed by atoms with Crippen LogP contribution in [0.1, 0.15) is 278 Å². The molecule has 5 heteroatoms. The molecule has 5 nitrogen and oxygen atoms in total. The lowest BCUT2D eigenvalue weighted by Crippen LogP contribution is -2.30. The summed E-state index contributed by atoms with van der Waals surface area (Å²) in [4.78, 5) is 25.6. The van der Waals surface area contributed by atoms with Crippen molar-refractivity contribution in [2.75, 3.05) is 19.8 Å². The van der Waals surface area contributed by atoms with Crippen LogP contribution in [0.25, 0.3) is 0 Å². The largest absolute Gasteiger partial charge is 0.462 e. The van der Waals surface area contributed by atoms with Crippen LogP contribution in [0.3, 0.4) is 0 Å². The van der Waals surface area contributed by atoms with Gasteiger partial charge in [0, 0.05) is 19.4 Å². The lowest BCUT2D eigenvalue weighted by Gasteiger charge is -2.18. The third-order valence-corrected chi connectivity index (χ3v) is 12.8. The van der Waals surface area contributed by atoms with Gasteiger partial charge in [-0.05, 0) is 96.3 Å². The average Bonchev–Trinajstić information content (AvgIpc) is 3.38. The number of hydrogen-bond donors (Lipinski definition) is 0. The van der Waals surface area contributed by atoms with Gasteiger partial charge in [0.1, 0.15) is 6.61 Å². The molecule has 0 N–H and O–H groups in total. The van der Waals surface area contributed by atoms with E-state index in [4.69, 9.17) is 14.2 Å². The Balaban J connectivity index is 4.38. The summed E-state index contributed by atoms with van der Waals surface area (Å²) in [5.41, 5.74) is 0. The van der Waals surface area contributed by atoms with Crippen molar-refractivity contribution >= 4 is 11.9 Å². The minimum atomic E-state index is -0.578. The Labute approximate surface area is 446 Å². The smallest absolute Gasteiger partial charge is 0.306 e. The van der Waals surface area contributed by atoms with Crippen LogP contribution in [0.4, 0.5) is 0 Å². The number of carbonyl (C=O) groups is 2. The maximum Gasteiger partial charge on any atom is 0.306 e. The van der Waals surface area contributed by atoms with Crippen molar-refractivity contribution in [3.63, 3.8) is 0 Å². The van der Waals surface area contributed by atoms with Crippen LogP contribution in [0.5, 0.6) is 0 Å². The van der Waals surface area contributed by atoms with Crippen molar-refractivity contribution in [3.05, 3.63) is 109 Å². The third-order valence-electron chi connectivity index (χ3n) is 12.8. The molecule has 0 aliphatic carbocycles. The van der Waals surface area contributed by atoms with Gasteiger partial charge in [-0.3, -0.25) is 9.59 Å². The van der Waals surface area contributed by atoms with Crippen molar-refractivity contribution < 1.29 is 23.8 Å². The summed E-state index contributed by atoms with van der Waals surface area (Å²) >= 11 is 0. The minimum Gasteiger partial charge on any atom is -0.462 e. The van der Waals surface area contributed by atoms with Crippen molar-refractivity contribution in [3.8, 4) is 0 Å². The molecule has 1 atom stereocenters. The van der Waals surface area contributed by atoms with Crippen LogP contribution in [0.15, 0.2) is 109 Å². The Kier molecular flexibility index (Phi) is 58.9. The fourth-order valence-electron chi connectivity index (χ4n) is 8.37. The van der Waals surface area contributed by atoms with E-state index >= 15 is 0 Å². The fraction of sp³-hybridized carbons (Fsp3) is 0.701. The van der Waals surface area contributed by atoms with Crippen LogP contribution >= 0.6 is 0 Å². The number of ether oxygens (including phenoxy) is 3. The van der Waals surface area contributed by atoms with E-state index in [1.54, 1.807) is 0 Å². The van der Waals surface area contributed by atoms with Gasteiger partial charge < -0.3 is 14.2 Å². The summed E-state index contributed by atoms with van der Waals surface area (Å²) < 4.78 is 17.4. The molecule has 72 heavy (non-hydrogen) atoms. The number of allylic oxidation sites excluding steroid dienone is 18. The molecule has 0 aromatic rings. The molecule has 1 unspecified atom stereocenters. The molecule has 0 heterocycles. The molecule has 0 radical (unpaired) electrons. The molecule has 0 bridgehead atoms. The lowest BCUT2D eigenvalue weighted by molar-refractivity contribution is -0.163. The van der Waals surface area contributed by atoms with E-state index < -0.39 is 6.10 Å². The minimum absolute atomic E-state index is 0.0549. The highest BCUT2D eigenvalue weighted by atomic mass is 16.6. The van der Waals surface area contributed by atoms with E-state index in [2.05, 4.69) is 130 Å². The molecule has 0 aliphatic heterocycles. The molecule has 0 aromatic heterocycles. The first kappa shape index (κ1) is 68.6. The summed E-state index contributed by atoms with van der Waals surface area (Å²) in [5.74, 6) is -0.435. The van der Waals surface area contributed by atoms with Gasteiger partial charge in [-0.2, -0.15) is 0 Å². The van der Waals surface area contributed by atoms with Crippen LogP contribution in [-0.2, 0) is 23.8 Å². The second-order valence-electron chi connectivity index (χ2n) is 19.8. The van der Waals surface area contributed by atoms with E-state index in [9.17, 15) is 9.59 Å². The number of carbonyl (C=O) groups excluding carboxylic acids is 2. The molecule has 0 spiro atoms. The lowest BCUT2D eigenvalue weighted by atomic mass is 10.0. The monoisotopic (exact) mass is 999 g/mol. The standard InChI is InChI=1S/C67H114O5/c1-4-7-10-13-16-19-22-25-28-31-33-35-38-41-44-47-50-53-56-59-62-70-63-65(72-67(69)61-58-55-52-49-46-43-40-36-30-27-24-21-18-15-12-9-6-3)64-71-66(68)60-57-54-51-48-45-42-39-37-34-32-29-26-23-20-17-14-11-8-5-2/h7,9-10,12,16,18-19,21,25,27-28,30,33,35,41,44,50,53,65H,4-6,8,11,13-15,17,20,22-24,26,29,31-32,34,36-40,42-43,45-49,51-52,54-64H2,1-3H3/b10-7-,12-9-,19-16-,21-18-,28-25-,30-27-,35-33-,44-41-,53-50-. The molecule has 0 saturated carbocycles. The Bertz CT molecular complexity index is 1410. The molecule has 0 aromatic carbocycles. The van der Waals surface area contributed by atoms with Crippen molar-refractivity contribution in [2.24, 2.45) is 0 Å². The molecular formula is C67H114O5. The number of esters is 2. The van der Waals surface area contributed by atoms with Crippen LogP contribution in [0, 0.1) is 0 Å². The van der Waals surface area contributed by atoms with Crippen molar-refractivity contribution in [2.45, 2.75) is 284 Å². The summed E-state index contributed by atoms with van der Waals surface area (Å²) in [7, 11) is 0. The summed E-state index contributed by atoms with van der Waals surface area (Å²) in [6, 6.07) is 0. The highest BCUT2D eigenvalue weighted by Crippen LogP contribution is 2.16. The third kappa shape index (κ3) is 59.1. The van der Waals surface area contributed by atoms with Gasteiger partial charge in [-0.25, -0.2) is 0 Å². The number of hydrogen-bond acceptors (Lipinski definition) is 5. The second-order valence-corrected chi connectivity index (χ2v) is 19.8. The first-order valence-electron chi connectivity index (χ1n) is 30.4. The molecule has 0 rings (SSSR count). The van der Waals surface area contributed by atoms with Gasteiger partial charge in [0.05, 0.1) is 6.61 Å². The predicted molar refractivity (Wildman–Crippen MR) is 316 cm³/mol. The van der Waals surface area contributed by atoms with E-state index in [1.165, 1.54) is 135 Å². The van der Waals surface area contributed by atoms with Gasteiger partial charge in [0.25, 0.3) is 0 Å². The zero-order chi connectivity index (χ0) is 52.0. The van der Waals surface area contributed by atoms with Crippen LogP contribution in [0.2, 0.25) is 0 Å². The molecular weight excluding hydrogens is 885 g/mol. The number of unbranched alkanes of at least 4 members (excludes halogenated alkanes) is 26. The Hall–Kier alpha value is -3.44. The summed E-state index contributed by atoms with van der Waals surface area (Å²) in [6.07, 6.45) is 85.6.